The zero-order valence-electron chi connectivity index (χ0n) is 39.2. The van der Waals surface area contributed by atoms with E-state index in [9.17, 15) is 0 Å². The molecule has 2 aromatic heterocycles. The van der Waals surface area contributed by atoms with Crippen LogP contribution in [-0.2, 0) is 6.42 Å². The predicted octanol–water partition coefficient (Wildman–Crippen LogP) is 17.6. The van der Waals surface area contributed by atoms with Gasteiger partial charge in [0.2, 0.25) is 0 Å². The third-order valence-corrected chi connectivity index (χ3v) is 14.7. The molecule has 0 unspecified atom stereocenters. The zero-order valence-corrected chi connectivity index (χ0v) is 39.2. The van der Waals surface area contributed by atoms with Crippen LogP contribution >= 0.6 is 0 Å². The van der Waals surface area contributed by atoms with Crippen LogP contribution in [0.1, 0.15) is 44.5 Å². The Morgan fingerprint density at radius 2 is 0.794 bits per heavy atom. The summed E-state index contributed by atoms with van der Waals surface area (Å²) in [5.74, 6) is 0. The topological polar surface area (TPSA) is 38.9 Å². The van der Waals surface area contributed by atoms with Gasteiger partial charge in [-0.2, -0.15) is 0 Å². The van der Waals surface area contributed by atoms with Gasteiger partial charge in [-0.3, -0.25) is 4.98 Å². The molecule has 0 saturated heterocycles. The second-order valence-corrected chi connectivity index (χ2v) is 19.2. The molecule has 1 aliphatic carbocycles. The maximum Gasteiger partial charge on any atom is 0.143 e. The SMILES string of the molecule is Cc1cc(C)c(-c2cccc3c2Cc2c(-c4cc(-c5cnc6c7ccccc7c7ccccc7c6n5)cc(-c5cccc6c5oc5c(-c7c(C)cc(C)cc7C)cccc56)c4)cccc2-3)c(C)c1. The van der Waals surface area contributed by atoms with E-state index < -0.39 is 0 Å². The van der Waals surface area contributed by atoms with Gasteiger partial charge in [-0.15, -0.1) is 0 Å². The molecule has 10 aromatic carbocycles. The van der Waals surface area contributed by atoms with Gasteiger partial charge in [0.1, 0.15) is 11.2 Å². The molecule has 0 amide bonds. The van der Waals surface area contributed by atoms with Crippen molar-refractivity contribution >= 4 is 54.5 Å². The number of benzene rings is 10. The second-order valence-electron chi connectivity index (χ2n) is 19.2. The summed E-state index contributed by atoms with van der Waals surface area (Å²) >= 11 is 0. The van der Waals surface area contributed by atoms with Crippen molar-refractivity contribution in [1.82, 2.24) is 9.97 Å². The summed E-state index contributed by atoms with van der Waals surface area (Å²) in [5, 5.41) is 6.79. The molecule has 2 heterocycles. The lowest BCUT2D eigenvalue weighted by atomic mass is 9.89. The van der Waals surface area contributed by atoms with Crippen LogP contribution in [0.15, 0.2) is 174 Å². The number of aromatic nitrogens is 2. The Hall–Kier alpha value is -8.14. The van der Waals surface area contributed by atoms with Gasteiger partial charge in [0.25, 0.3) is 0 Å². The van der Waals surface area contributed by atoms with E-state index in [-0.39, 0.29) is 0 Å². The fourth-order valence-corrected chi connectivity index (χ4v) is 12.0. The molecule has 1 aliphatic rings. The third-order valence-electron chi connectivity index (χ3n) is 14.7. The number of nitrogens with zero attached hydrogens (tertiary/aromatic N) is 2. The Balaban J connectivity index is 1.04. The van der Waals surface area contributed by atoms with Crippen molar-refractivity contribution < 1.29 is 4.42 Å². The van der Waals surface area contributed by atoms with Gasteiger partial charge < -0.3 is 4.42 Å². The first-order valence-electron chi connectivity index (χ1n) is 23.8. The zero-order chi connectivity index (χ0) is 45.9. The second kappa shape index (κ2) is 15.2. The summed E-state index contributed by atoms with van der Waals surface area (Å²) in [5.41, 5.74) is 28.0. The number of furan rings is 1. The molecule has 0 N–H and O–H groups in total. The molecule has 0 atom stereocenters. The van der Waals surface area contributed by atoms with Crippen molar-refractivity contribution in [2.24, 2.45) is 0 Å². The Morgan fingerprint density at radius 3 is 1.41 bits per heavy atom. The molecule has 3 nitrogen and oxygen atoms in total. The number of aryl methyl sites for hydroxylation is 6. The standard InChI is InChI=1S/C65H48N2O/c1-36-27-38(3)60(39(4)28-36)51-23-13-22-50-49-21-11-19-45(57(49)34-58(50)51)42-31-43(33-44(32-42)59-35-66-62-52-17-9-7-15-47(52)48-16-8-10-18-53(48)63(62)67-59)46-20-12-24-54-55-25-14-26-56(65(55)68-64(46)54)61-40(5)29-37(2)30-41(61)6/h7-33,35H,34H2,1-6H3. The van der Waals surface area contributed by atoms with Crippen LogP contribution in [0.2, 0.25) is 0 Å². The number of hydrogen-bond acceptors (Lipinski definition) is 3. The lowest BCUT2D eigenvalue weighted by molar-refractivity contribution is 0.671. The van der Waals surface area contributed by atoms with Gasteiger partial charge in [-0.25, -0.2) is 4.98 Å². The third kappa shape index (κ3) is 6.12. The highest BCUT2D eigenvalue weighted by Gasteiger charge is 2.27. The maximum atomic E-state index is 7.17. The quantitative estimate of drug-likeness (QED) is 0.162. The molecular formula is C65H48N2O. The largest absolute Gasteiger partial charge is 0.455 e. The van der Waals surface area contributed by atoms with E-state index in [2.05, 4.69) is 205 Å². The van der Waals surface area contributed by atoms with E-state index in [0.29, 0.717) is 0 Å². The fraction of sp³-hybridized carbons (Fsp3) is 0.108. The first-order valence-corrected chi connectivity index (χ1v) is 23.8. The lowest BCUT2D eigenvalue weighted by Crippen LogP contribution is -1.95. The summed E-state index contributed by atoms with van der Waals surface area (Å²) < 4.78 is 7.17. The van der Waals surface area contributed by atoms with Crippen LogP contribution in [0.25, 0.3) is 121 Å². The van der Waals surface area contributed by atoms with Gasteiger partial charge >= 0.3 is 0 Å². The maximum absolute atomic E-state index is 7.17. The molecule has 68 heavy (non-hydrogen) atoms. The number of fused-ring (bicyclic) bond motifs is 12. The number of para-hydroxylation sites is 2. The van der Waals surface area contributed by atoms with Crippen molar-refractivity contribution in [3.8, 4) is 66.9 Å². The lowest BCUT2D eigenvalue weighted by Gasteiger charge is -2.16. The summed E-state index contributed by atoms with van der Waals surface area (Å²) in [4.78, 5) is 10.8. The fourth-order valence-electron chi connectivity index (χ4n) is 12.0. The first-order chi connectivity index (χ1) is 33.2. The van der Waals surface area contributed by atoms with Crippen LogP contribution in [0.5, 0.6) is 0 Å². The minimum absolute atomic E-state index is 0.828. The van der Waals surface area contributed by atoms with Crippen LogP contribution in [0.4, 0.5) is 0 Å². The van der Waals surface area contributed by atoms with Gasteiger partial charge in [-0.1, -0.05) is 157 Å². The average Bonchev–Trinajstić information content (AvgIpc) is 3.93. The van der Waals surface area contributed by atoms with Crippen molar-refractivity contribution in [3.05, 3.63) is 214 Å². The van der Waals surface area contributed by atoms with E-state index in [1.807, 2.05) is 6.20 Å². The minimum Gasteiger partial charge on any atom is -0.455 e. The predicted molar refractivity (Wildman–Crippen MR) is 286 cm³/mol. The van der Waals surface area contributed by atoms with Crippen LogP contribution in [0.3, 0.4) is 0 Å². The van der Waals surface area contributed by atoms with E-state index >= 15 is 0 Å². The molecule has 0 fully saturated rings. The molecule has 0 bridgehead atoms. The van der Waals surface area contributed by atoms with Gasteiger partial charge in [0, 0.05) is 38.2 Å². The van der Waals surface area contributed by atoms with Crippen LogP contribution in [-0.4, -0.2) is 9.97 Å². The highest BCUT2D eigenvalue weighted by Crippen LogP contribution is 2.48. The molecule has 0 aliphatic heterocycles. The summed E-state index contributed by atoms with van der Waals surface area (Å²) in [6, 6.07) is 60.2. The molecule has 0 radical (unpaired) electrons. The van der Waals surface area contributed by atoms with Crippen molar-refractivity contribution in [3.63, 3.8) is 0 Å². The molecular weight excluding hydrogens is 825 g/mol. The normalized spacial score (nSPS) is 12.2. The highest BCUT2D eigenvalue weighted by atomic mass is 16.3. The van der Waals surface area contributed by atoms with Crippen molar-refractivity contribution in [2.75, 3.05) is 0 Å². The van der Waals surface area contributed by atoms with E-state index in [0.717, 1.165) is 83.7 Å². The summed E-state index contributed by atoms with van der Waals surface area (Å²) in [7, 11) is 0. The number of hydrogen-bond donors (Lipinski definition) is 0. The van der Waals surface area contributed by atoms with E-state index in [1.54, 1.807) is 0 Å². The Labute approximate surface area is 396 Å². The molecule has 12 aromatic rings. The smallest absolute Gasteiger partial charge is 0.143 e. The van der Waals surface area contributed by atoms with Crippen molar-refractivity contribution in [2.45, 2.75) is 48.0 Å². The minimum atomic E-state index is 0.828. The summed E-state index contributed by atoms with van der Waals surface area (Å²) in [6.45, 7) is 13.3. The molecule has 3 heteroatoms. The Bertz CT molecular complexity index is 4050. The van der Waals surface area contributed by atoms with Gasteiger partial charge in [0.05, 0.1) is 22.9 Å². The molecule has 0 saturated carbocycles. The Kier molecular flexibility index (Phi) is 8.98. The molecule has 324 valence electrons. The first kappa shape index (κ1) is 40.2. The van der Waals surface area contributed by atoms with Crippen molar-refractivity contribution in [1.29, 1.82) is 0 Å². The van der Waals surface area contributed by atoms with Crippen LogP contribution < -0.4 is 0 Å². The highest BCUT2D eigenvalue weighted by molar-refractivity contribution is 6.23. The monoisotopic (exact) mass is 872 g/mol. The van der Waals surface area contributed by atoms with Crippen LogP contribution in [0, 0.1) is 41.5 Å². The molecule has 13 rings (SSSR count). The summed E-state index contributed by atoms with van der Waals surface area (Å²) in [6.07, 6.45) is 2.81. The molecule has 0 spiro atoms. The van der Waals surface area contributed by atoms with Gasteiger partial charge in [-0.05, 0) is 155 Å². The van der Waals surface area contributed by atoms with E-state index in [1.165, 1.54) is 88.7 Å². The average molecular weight is 873 g/mol. The number of rotatable bonds is 5. The Morgan fingerprint density at radius 1 is 0.368 bits per heavy atom. The van der Waals surface area contributed by atoms with E-state index in [4.69, 9.17) is 14.4 Å². The van der Waals surface area contributed by atoms with Gasteiger partial charge in [0.15, 0.2) is 0 Å².